The topological polar surface area (TPSA) is 109 Å². The van der Waals surface area contributed by atoms with Crippen LogP contribution in [0.4, 0.5) is 5.69 Å². The summed E-state index contributed by atoms with van der Waals surface area (Å²) in [5, 5.41) is 7.53. The van der Waals surface area contributed by atoms with Crippen molar-refractivity contribution >= 4 is 28.3 Å². The van der Waals surface area contributed by atoms with Gasteiger partial charge in [0.25, 0.3) is 5.56 Å². The summed E-state index contributed by atoms with van der Waals surface area (Å²) in [4.78, 5) is 39.0. The number of nitrogens with zero attached hydrogens (tertiary/aromatic N) is 4. The van der Waals surface area contributed by atoms with E-state index in [0.717, 1.165) is 4.68 Å². The van der Waals surface area contributed by atoms with Gasteiger partial charge in [-0.1, -0.05) is 26.0 Å². The monoisotopic (exact) mass is 449 g/mol. The van der Waals surface area contributed by atoms with Crippen molar-refractivity contribution in [2.24, 2.45) is 5.92 Å². The van der Waals surface area contributed by atoms with Crippen LogP contribution >= 0.6 is 0 Å². The van der Waals surface area contributed by atoms with Crippen LogP contribution < -0.4 is 26.0 Å². The van der Waals surface area contributed by atoms with Gasteiger partial charge >= 0.3 is 5.69 Å². The molecule has 2 aromatic heterocycles. The Balaban J connectivity index is 1.52. The maximum atomic E-state index is 13.2. The van der Waals surface area contributed by atoms with Crippen molar-refractivity contribution in [3.63, 3.8) is 0 Å². The lowest BCUT2D eigenvalue weighted by Crippen LogP contribution is -2.29. The van der Waals surface area contributed by atoms with E-state index >= 15 is 0 Å². The molecule has 1 aliphatic heterocycles. The van der Waals surface area contributed by atoms with E-state index in [1.54, 1.807) is 42.5 Å². The second-order valence-electron chi connectivity index (χ2n) is 8.31. The molecule has 170 valence electrons. The van der Waals surface area contributed by atoms with Crippen LogP contribution in [-0.2, 0) is 17.9 Å². The first kappa shape index (κ1) is 20.8. The first-order valence-corrected chi connectivity index (χ1v) is 10.7. The number of hydrogen-bond acceptors (Lipinski definition) is 6. The van der Waals surface area contributed by atoms with Gasteiger partial charge in [0.05, 0.1) is 10.9 Å². The molecule has 4 aromatic rings. The van der Waals surface area contributed by atoms with Crippen molar-refractivity contribution in [1.82, 2.24) is 18.7 Å². The third-order valence-corrected chi connectivity index (χ3v) is 5.35. The van der Waals surface area contributed by atoms with Gasteiger partial charge in [-0.15, -0.1) is 5.10 Å². The zero-order valence-corrected chi connectivity index (χ0v) is 18.3. The Bertz CT molecular complexity index is 1500. The summed E-state index contributed by atoms with van der Waals surface area (Å²) in [5.74, 6) is 1.11. The van der Waals surface area contributed by atoms with Gasteiger partial charge in [0.15, 0.2) is 11.5 Å². The number of carbonyl (C=O) groups excluding carboxylic acids is 1. The molecule has 0 saturated carbocycles. The number of anilines is 1. The lowest BCUT2D eigenvalue weighted by atomic mass is 10.2. The smallest absolute Gasteiger partial charge is 0.352 e. The second kappa shape index (κ2) is 8.12. The Hall–Kier alpha value is -4.08. The van der Waals surface area contributed by atoms with Gasteiger partial charge in [0.2, 0.25) is 11.7 Å². The molecule has 0 unspecified atom stereocenters. The molecule has 10 heteroatoms. The fourth-order valence-electron chi connectivity index (χ4n) is 3.96. The summed E-state index contributed by atoms with van der Waals surface area (Å²) in [6, 6.07) is 12.0. The molecule has 2 aromatic carbocycles. The first-order valence-electron chi connectivity index (χ1n) is 10.7. The highest BCUT2D eigenvalue weighted by molar-refractivity contribution is 5.91. The highest BCUT2D eigenvalue weighted by atomic mass is 16.6. The molecular weight excluding hydrogens is 426 g/mol. The summed E-state index contributed by atoms with van der Waals surface area (Å²) in [7, 11) is 0. The zero-order valence-electron chi connectivity index (χ0n) is 18.3. The van der Waals surface area contributed by atoms with Gasteiger partial charge in [-0.25, -0.2) is 13.9 Å². The number of ether oxygens (including phenoxy) is 2. The van der Waals surface area contributed by atoms with Crippen LogP contribution in [0.5, 0.6) is 11.5 Å². The Morgan fingerprint density at radius 1 is 1.09 bits per heavy atom. The van der Waals surface area contributed by atoms with E-state index in [4.69, 9.17) is 9.47 Å². The number of carbonyl (C=O) groups is 1. The molecule has 1 aliphatic rings. The highest BCUT2D eigenvalue weighted by Gasteiger charge is 2.19. The predicted octanol–water partition coefficient (Wildman–Crippen LogP) is 1.88. The lowest BCUT2D eigenvalue weighted by molar-refractivity contribution is -0.117. The van der Waals surface area contributed by atoms with Crippen molar-refractivity contribution in [2.75, 3.05) is 18.5 Å². The first-order chi connectivity index (χ1) is 15.9. The molecule has 0 bridgehead atoms. The molecule has 33 heavy (non-hydrogen) atoms. The Kier molecular flexibility index (Phi) is 5.12. The van der Waals surface area contributed by atoms with Crippen LogP contribution in [0.25, 0.3) is 16.7 Å². The van der Waals surface area contributed by atoms with E-state index in [2.05, 4.69) is 10.4 Å². The van der Waals surface area contributed by atoms with Crippen LogP contribution in [0.2, 0.25) is 0 Å². The molecule has 3 heterocycles. The SMILES string of the molecule is CC(C)Cn1c(=O)c2ccccc2n2c(=O)n(CC(=O)Nc3ccc4c(c3)OCCO4)nc12. The van der Waals surface area contributed by atoms with Crippen LogP contribution in [0.3, 0.4) is 0 Å². The van der Waals surface area contributed by atoms with Crippen molar-refractivity contribution < 1.29 is 14.3 Å². The average molecular weight is 449 g/mol. The van der Waals surface area contributed by atoms with Gasteiger partial charge in [-0.2, -0.15) is 0 Å². The summed E-state index contributed by atoms with van der Waals surface area (Å²) in [6.45, 7) is 4.97. The minimum absolute atomic E-state index is 0.159. The number of rotatable bonds is 5. The second-order valence-corrected chi connectivity index (χ2v) is 8.31. The van der Waals surface area contributed by atoms with Crippen molar-refractivity contribution in [1.29, 1.82) is 0 Å². The highest BCUT2D eigenvalue weighted by Crippen LogP contribution is 2.32. The standard InChI is InChI=1S/C23H23N5O5/c1-14(2)12-26-21(30)16-5-3-4-6-17(16)28-22(26)25-27(23(28)31)13-20(29)24-15-7-8-18-19(11-15)33-10-9-32-18/h3-8,11,14H,9-10,12-13H2,1-2H3,(H,24,29). The van der Waals surface area contributed by atoms with Crippen molar-refractivity contribution in [2.45, 2.75) is 26.9 Å². The maximum absolute atomic E-state index is 13.2. The van der Waals surface area contributed by atoms with Crippen LogP contribution in [0.15, 0.2) is 52.1 Å². The van der Waals surface area contributed by atoms with E-state index in [1.165, 1.54) is 8.97 Å². The third-order valence-electron chi connectivity index (χ3n) is 5.35. The summed E-state index contributed by atoms with van der Waals surface area (Å²) < 4.78 is 15.0. The van der Waals surface area contributed by atoms with Crippen molar-refractivity contribution in [3.05, 3.63) is 63.3 Å². The van der Waals surface area contributed by atoms with E-state index in [0.29, 0.717) is 47.8 Å². The van der Waals surface area contributed by atoms with E-state index in [1.807, 2.05) is 13.8 Å². The fourth-order valence-corrected chi connectivity index (χ4v) is 3.96. The minimum atomic E-state index is -0.490. The van der Waals surface area contributed by atoms with E-state index in [-0.39, 0.29) is 23.8 Å². The van der Waals surface area contributed by atoms with Gasteiger partial charge in [-0.3, -0.25) is 14.2 Å². The Morgan fingerprint density at radius 3 is 2.64 bits per heavy atom. The molecule has 0 radical (unpaired) electrons. The summed E-state index contributed by atoms with van der Waals surface area (Å²) in [6.07, 6.45) is 0. The number of hydrogen-bond donors (Lipinski definition) is 1. The molecule has 1 amide bonds. The van der Waals surface area contributed by atoms with Gasteiger partial charge in [-0.05, 0) is 30.2 Å². The molecule has 10 nitrogen and oxygen atoms in total. The van der Waals surface area contributed by atoms with Gasteiger partial charge in [0, 0.05) is 18.3 Å². The lowest BCUT2D eigenvalue weighted by Gasteiger charge is -2.18. The summed E-state index contributed by atoms with van der Waals surface area (Å²) >= 11 is 0. The maximum Gasteiger partial charge on any atom is 0.352 e. The molecule has 1 N–H and O–H groups in total. The zero-order chi connectivity index (χ0) is 23.1. The fraction of sp³-hybridized carbons (Fsp3) is 0.304. The number of amides is 1. The third kappa shape index (κ3) is 3.73. The number of nitrogens with one attached hydrogen (secondary N) is 1. The molecule has 0 saturated heterocycles. The van der Waals surface area contributed by atoms with Crippen LogP contribution in [0.1, 0.15) is 13.8 Å². The molecule has 0 fully saturated rings. The quantitative estimate of drug-likeness (QED) is 0.498. The van der Waals surface area contributed by atoms with Crippen LogP contribution in [-0.4, -0.2) is 37.9 Å². The van der Waals surface area contributed by atoms with Gasteiger partial charge < -0.3 is 14.8 Å². The van der Waals surface area contributed by atoms with E-state index < -0.39 is 11.6 Å². The summed E-state index contributed by atoms with van der Waals surface area (Å²) in [5.41, 5.74) is 0.268. The number of aromatic nitrogens is 4. The molecule has 0 spiro atoms. The predicted molar refractivity (Wildman–Crippen MR) is 122 cm³/mol. The average Bonchev–Trinajstić information content (AvgIpc) is 3.12. The molecule has 0 atom stereocenters. The van der Waals surface area contributed by atoms with Crippen molar-refractivity contribution in [3.8, 4) is 11.5 Å². The Labute approximate surface area is 188 Å². The number of benzene rings is 2. The largest absolute Gasteiger partial charge is 0.486 e. The Morgan fingerprint density at radius 2 is 1.85 bits per heavy atom. The number of para-hydroxylation sites is 1. The number of fused-ring (bicyclic) bond motifs is 4. The van der Waals surface area contributed by atoms with Crippen LogP contribution in [0, 0.1) is 5.92 Å². The molecule has 5 rings (SSSR count). The normalized spacial score (nSPS) is 13.1. The van der Waals surface area contributed by atoms with Gasteiger partial charge in [0.1, 0.15) is 19.8 Å². The molecular formula is C23H23N5O5. The minimum Gasteiger partial charge on any atom is -0.486 e. The molecule has 0 aliphatic carbocycles. The van der Waals surface area contributed by atoms with E-state index in [9.17, 15) is 14.4 Å².